The molecule has 0 spiro atoms. The number of hydrogen-bond acceptors (Lipinski definition) is 6. The van der Waals surface area contributed by atoms with E-state index in [1.165, 1.54) is 23.9 Å². The topological polar surface area (TPSA) is 82.6 Å². The van der Waals surface area contributed by atoms with Crippen molar-refractivity contribution in [1.29, 1.82) is 0 Å². The third-order valence-electron chi connectivity index (χ3n) is 5.55. The Morgan fingerprint density at radius 3 is 2.55 bits per heavy atom. The molecule has 0 radical (unpaired) electrons. The zero-order chi connectivity index (χ0) is 22.2. The number of fused-ring (bicyclic) bond motifs is 1. The Morgan fingerprint density at radius 1 is 1.16 bits per heavy atom. The number of carbonyl (C=O) groups is 1. The van der Waals surface area contributed by atoms with E-state index in [1.807, 2.05) is 18.2 Å². The fourth-order valence-corrected chi connectivity index (χ4v) is 5.97. The largest absolute Gasteiger partial charge is 0.336 e. The molecule has 4 rings (SSSR count). The van der Waals surface area contributed by atoms with Crippen LogP contribution in [-0.2, 0) is 10.0 Å². The molecule has 3 aromatic rings. The lowest BCUT2D eigenvalue weighted by atomic mass is 10.1. The average Bonchev–Trinajstić information content (AvgIpc) is 3.23. The van der Waals surface area contributed by atoms with Gasteiger partial charge in [0.1, 0.15) is 9.90 Å². The standard InChI is InChI=1S/C21H23ClN4O3S2/c1-14(20-24-17-5-3-4-6-18(17)30-20)25-9-11-26(12-10-25)21(27)15-7-8-16(22)19(13-15)31(28,29)23-2/h3-8,13-14,23H,9-12H2,1-2H3. The Balaban J connectivity index is 1.45. The van der Waals surface area contributed by atoms with Gasteiger partial charge in [-0.1, -0.05) is 23.7 Å². The van der Waals surface area contributed by atoms with E-state index in [0.29, 0.717) is 18.7 Å². The van der Waals surface area contributed by atoms with Gasteiger partial charge in [0.25, 0.3) is 5.91 Å². The van der Waals surface area contributed by atoms with E-state index in [4.69, 9.17) is 16.6 Å². The van der Waals surface area contributed by atoms with Crippen LogP contribution < -0.4 is 4.72 Å². The summed E-state index contributed by atoms with van der Waals surface area (Å²) in [7, 11) is -2.43. The maximum Gasteiger partial charge on any atom is 0.253 e. The first-order chi connectivity index (χ1) is 14.8. The highest BCUT2D eigenvalue weighted by Crippen LogP contribution is 2.30. The monoisotopic (exact) mass is 478 g/mol. The third kappa shape index (κ3) is 4.47. The number of benzene rings is 2. The average molecular weight is 479 g/mol. The molecule has 1 fully saturated rings. The molecule has 1 aliphatic heterocycles. The Hall–Kier alpha value is -2.04. The summed E-state index contributed by atoms with van der Waals surface area (Å²) in [4.78, 5) is 21.7. The second kappa shape index (κ2) is 8.84. The number of nitrogens with zero attached hydrogens (tertiary/aromatic N) is 3. The molecule has 0 bridgehead atoms. The lowest BCUT2D eigenvalue weighted by Gasteiger charge is -2.37. The van der Waals surface area contributed by atoms with E-state index in [1.54, 1.807) is 22.3 Å². The van der Waals surface area contributed by atoms with Crippen molar-refractivity contribution in [2.24, 2.45) is 0 Å². The van der Waals surface area contributed by atoms with Gasteiger partial charge in [-0.15, -0.1) is 11.3 Å². The van der Waals surface area contributed by atoms with Crippen LogP contribution in [0, 0.1) is 0 Å². The summed E-state index contributed by atoms with van der Waals surface area (Å²) in [5.74, 6) is -0.198. The van der Waals surface area contributed by atoms with E-state index < -0.39 is 10.0 Å². The molecule has 1 N–H and O–H groups in total. The number of piperazine rings is 1. The minimum atomic E-state index is -3.74. The summed E-state index contributed by atoms with van der Waals surface area (Å²) in [6.45, 7) is 4.70. The van der Waals surface area contributed by atoms with Crippen LogP contribution in [0.3, 0.4) is 0 Å². The van der Waals surface area contributed by atoms with E-state index in [-0.39, 0.29) is 21.9 Å². The Labute approximate surface area is 190 Å². The van der Waals surface area contributed by atoms with Crippen molar-refractivity contribution in [1.82, 2.24) is 19.5 Å². The summed E-state index contributed by atoms with van der Waals surface area (Å²) in [5.41, 5.74) is 1.32. The number of halogens is 1. The van der Waals surface area contributed by atoms with Crippen LogP contribution in [0.15, 0.2) is 47.4 Å². The summed E-state index contributed by atoms with van der Waals surface area (Å²) in [5, 5.41) is 1.15. The molecule has 164 valence electrons. The van der Waals surface area contributed by atoms with Crippen LogP contribution in [0.25, 0.3) is 10.2 Å². The van der Waals surface area contributed by atoms with E-state index >= 15 is 0 Å². The molecule has 0 saturated carbocycles. The lowest BCUT2D eigenvalue weighted by molar-refractivity contribution is 0.0582. The molecular weight excluding hydrogens is 456 g/mol. The van der Waals surface area contributed by atoms with E-state index in [0.717, 1.165) is 23.6 Å². The van der Waals surface area contributed by atoms with Crippen molar-refractivity contribution in [3.63, 3.8) is 0 Å². The molecule has 1 aliphatic rings. The molecule has 0 aliphatic carbocycles. The van der Waals surface area contributed by atoms with E-state index in [2.05, 4.69) is 22.6 Å². The van der Waals surface area contributed by atoms with Crippen LogP contribution in [0.1, 0.15) is 28.3 Å². The molecule has 10 heteroatoms. The van der Waals surface area contributed by atoms with Gasteiger partial charge >= 0.3 is 0 Å². The summed E-state index contributed by atoms with van der Waals surface area (Å²) in [6.07, 6.45) is 0. The van der Waals surface area contributed by atoms with Gasteiger partial charge < -0.3 is 4.90 Å². The first-order valence-corrected chi connectivity index (χ1v) is 12.6. The molecule has 1 aromatic heterocycles. The van der Waals surface area contributed by atoms with Crippen molar-refractivity contribution in [2.45, 2.75) is 17.9 Å². The minimum Gasteiger partial charge on any atom is -0.336 e. The van der Waals surface area contributed by atoms with Crippen LogP contribution in [0.4, 0.5) is 0 Å². The van der Waals surface area contributed by atoms with Crippen molar-refractivity contribution in [3.8, 4) is 0 Å². The number of thiazole rings is 1. The van der Waals surface area contributed by atoms with Crippen molar-refractivity contribution in [3.05, 3.63) is 58.1 Å². The Bertz CT molecular complexity index is 1190. The minimum absolute atomic E-state index is 0.0837. The summed E-state index contributed by atoms with van der Waals surface area (Å²) in [6, 6.07) is 12.6. The first kappa shape index (κ1) is 22.2. The van der Waals surface area contributed by atoms with E-state index in [9.17, 15) is 13.2 Å². The number of aromatic nitrogens is 1. The summed E-state index contributed by atoms with van der Waals surface area (Å²) >= 11 is 7.74. The predicted molar refractivity (Wildman–Crippen MR) is 123 cm³/mol. The second-order valence-electron chi connectivity index (χ2n) is 7.38. The normalized spacial score (nSPS) is 16.5. The highest BCUT2D eigenvalue weighted by atomic mass is 35.5. The SMILES string of the molecule is CNS(=O)(=O)c1cc(C(=O)N2CCN(C(C)c3nc4ccccc4s3)CC2)ccc1Cl. The number of amides is 1. The van der Waals surface area contributed by atoms with Gasteiger partial charge in [0.2, 0.25) is 10.0 Å². The van der Waals surface area contributed by atoms with Crippen LogP contribution >= 0.6 is 22.9 Å². The quantitative estimate of drug-likeness (QED) is 0.608. The van der Waals surface area contributed by atoms with Gasteiger partial charge in [0.15, 0.2) is 0 Å². The summed E-state index contributed by atoms with van der Waals surface area (Å²) < 4.78 is 27.7. The van der Waals surface area contributed by atoms with Crippen LogP contribution in [-0.4, -0.2) is 62.3 Å². The maximum atomic E-state index is 13.0. The van der Waals surface area contributed by atoms with Crippen molar-refractivity contribution >= 4 is 49.1 Å². The zero-order valence-corrected chi connectivity index (χ0v) is 19.6. The number of carbonyl (C=O) groups excluding carboxylic acids is 1. The molecular formula is C21H23ClN4O3S2. The molecule has 2 aromatic carbocycles. The zero-order valence-electron chi connectivity index (χ0n) is 17.2. The predicted octanol–water partition coefficient (Wildman–Crippen LogP) is 3.38. The molecule has 1 atom stereocenters. The number of sulfonamides is 1. The smallest absolute Gasteiger partial charge is 0.253 e. The van der Waals surface area contributed by atoms with Gasteiger partial charge in [-0.2, -0.15) is 0 Å². The van der Waals surface area contributed by atoms with Crippen LogP contribution in [0.5, 0.6) is 0 Å². The first-order valence-electron chi connectivity index (χ1n) is 9.92. The van der Waals surface area contributed by atoms with Gasteiger partial charge in [-0.25, -0.2) is 18.1 Å². The third-order valence-corrected chi connectivity index (χ3v) is 8.66. The number of rotatable bonds is 5. The fourth-order valence-electron chi connectivity index (χ4n) is 3.67. The Kier molecular flexibility index (Phi) is 6.32. The lowest BCUT2D eigenvalue weighted by Crippen LogP contribution is -2.49. The molecule has 2 heterocycles. The molecule has 1 unspecified atom stereocenters. The highest BCUT2D eigenvalue weighted by Gasteiger charge is 2.28. The van der Waals surface area contributed by atoms with Gasteiger partial charge in [-0.3, -0.25) is 9.69 Å². The van der Waals surface area contributed by atoms with Crippen molar-refractivity contribution < 1.29 is 13.2 Å². The number of para-hydroxylation sites is 1. The molecule has 7 nitrogen and oxygen atoms in total. The highest BCUT2D eigenvalue weighted by molar-refractivity contribution is 7.89. The molecule has 1 amide bonds. The van der Waals surface area contributed by atoms with Crippen molar-refractivity contribution in [2.75, 3.05) is 33.2 Å². The second-order valence-corrected chi connectivity index (χ2v) is 10.7. The molecule has 31 heavy (non-hydrogen) atoms. The number of hydrogen-bond donors (Lipinski definition) is 1. The fraction of sp³-hybridized carbons (Fsp3) is 0.333. The maximum absolute atomic E-state index is 13.0. The van der Waals surface area contributed by atoms with Gasteiger partial charge in [-0.05, 0) is 44.3 Å². The molecule has 1 saturated heterocycles. The van der Waals surface area contributed by atoms with Gasteiger partial charge in [0.05, 0.1) is 21.3 Å². The van der Waals surface area contributed by atoms with Gasteiger partial charge in [0, 0.05) is 31.7 Å². The number of nitrogens with one attached hydrogen (secondary N) is 1. The van der Waals surface area contributed by atoms with Crippen LogP contribution in [0.2, 0.25) is 5.02 Å². The Morgan fingerprint density at radius 2 is 1.87 bits per heavy atom.